The van der Waals surface area contributed by atoms with Crippen molar-refractivity contribution in [3.8, 4) is 0 Å². The number of nitrogens with one attached hydrogen (secondary N) is 2. The molecule has 27 heavy (non-hydrogen) atoms. The maximum absolute atomic E-state index is 12.9. The van der Waals surface area contributed by atoms with Gasteiger partial charge in [0.15, 0.2) is 5.65 Å². The van der Waals surface area contributed by atoms with Crippen LogP contribution < -0.4 is 5.32 Å². The van der Waals surface area contributed by atoms with E-state index >= 15 is 0 Å². The van der Waals surface area contributed by atoms with E-state index in [0.29, 0.717) is 16.9 Å². The number of carbonyl (C=O) groups excluding carboxylic acids is 1. The van der Waals surface area contributed by atoms with Gasteiger partial charge in [0.25, 0.3) is 5.91 Å². The molecule has 0 aliphatic carbocycles. The van der Waals surface area contributed by atoms with Crippen LogP contribution in [0.5, 0.6) is 0 Å². The number of hydrogen-bond acceptors (Lipinski definition) is 5. The molecule has 4 aromatic rings. The molecule has 3 heterocycles. The van der Waals surface area contributed by atoms with Gasteiger partial charge in [-0.05, 0) is 38.0 Å². The molecule has 0 bridgehead atoms. The number of carbonyl (C=O) groups is 1. The number of amides is 1. The molecule has 2 N–H and O–H groups in total. The van der Waals surface area contributed by atoms with Gasteiger partial charge in [0, 0.05) is 11.6 Å². The van der Waals surface area contributed by atoms with E-state index in [0.717, 1.165) is 27.3 Å². The molecule has 0 saturated heterocycles. The summed E-state index contributed by atoms with van der Waals surface area (Å²) in [5.74, 6) is -0.120. The van der Waals surface area contributed by atoms with Crippen molar-refractivity contribution in [1.29, 1.82) is 0 Å². The topological polar surface area (TPSA) is 83.6 Å². The van der Waals surface area contributed by atoms with Crippen LogP contribution >= 0.6 is 11.3 Å². The third-order valence-corrected chi connectivity index (χ3v) is 5.48. The SMILES string of the molecule is Cc1nc(C)c(C(=O)N[C@@H](Cc2ccccc2)c2[nH]nc3ncccc23)s1. The van der Waals surface area contributed by atoms with Gasteiger partial charge in [0.1, 0.15) is 4.88 Å². The second kappa shape index (κ2) is 7.28. The van der Waals surface area contributed by atoms with Crippen molar-refractivity contribution < 1.29 is 4.79 Å². The number of H-pyrrole nitrogens is 1. The summed E-state index contributed by atoms with van der Waals surface area (Å²) in [6.45, 7) is 3.77. The Morgan fingerprint density at radius 3 is 2.74 bits per heavy atom. The summed E-state index contributed by atoms with van der Waals surface area (Å²) in [7, 11) is 0. The molecule has 0 radical (unpaired) electrons. The highest BCUT2D eigenvalue weighted by atomic mass is 32.1. The smallest absolute Gasteiger partial charge is 0.263 e. The van der Waals surface area contributed by atoms with E-state index in [4.69, 9.17) is 0 Å². The first-order chi connectivity index (χ1) is 13.1. The molecule has 1 atom stereocenters. The number of rotatable bonds is 5. The second-order valence-electron chi connectivity index (χ2n) is 6.38. The molecule has 7 heteroatoms. The fourth-order valence-electron chi connectivity index (χ4n) is 3.18. The van der Waals surface area contributed by atoms with Crippen molar-refractivity contribution in [3.63, 3.8) is 0 Å². The van der Waals surface area contributed by atoms with Crippen LogP contribution in [-0.4, -0.2) is 26.1 Å². The Labute approximate surface area is 160 Å². The number of fused-ring (bicyclic) bond motifs is 1. The predicted octanol–water partition coefficient (Wildman–Crippen LogP) is 3.75. The second-order valence-corrected chi connectivity index (χ2v) is 7.58. The van der Waals surface area contributed by atoms with Gasteiger partial charge < -0.3 is 5.32 Å². The van der Waals surface area contributed by atoms with Gasteiger partial charge >= 0.3 is 0 Å². The molecule has 136 valence electrons. The van der Waals surface area contributed by atoms with Crippen LogP contribution in [0.15, 0.2) is 48.7 Å². The quantitative estimate of drug-likeness (QED) is 0.555. The Balaban J connectivity index is 1.69. The summed E-state index contributed by atoms with van der Waals surface area (Å²) in [4.78, 5) is 22.2. The summed E-state index contributed by atoms with van der Waals surface area (Å²) < 4.78 is 0. The van der Waals surface area contributed by atoms with Crippen molar-refractivity contribution in [2.24, 2.45) is 0 Å². The minimum atomic E-state index is -0.254. The number of nitrogens with zero attached hydrogens (tertiary/aromatic N) is 3. The molecular weight excluding hydrogens is 358 g/mol. The van der Waals surface area contributed by atoms with E-state index in [1.807, 2.05) is 44.2 Å². The van der Waals surface area contributed by atoms with E-state index in [9.17, 15) is 4.79 Å². The highest BCUT2D eigenvalue weighted by molar-refractivity contribution is 7.13. The van der Waals surface area contributed by atoms with Crippen LogP contribution in [0.3, 0.4) is 0 Å². The van der Waals surface area contributed by atoms with Crippen LogP contribution in [-0.2, 0) is 6.42 Å². The monoisotopic (exact) mass is 377 g/mol. The molecule has 0 saturated carbocycles. The molecular formula is C20H19N5OS. The number of aromatic nitrogens is 4. The number of pyridine rings is 1. The van der Waals surface area contributed by atoms with E-state index in [2.05, 4.69) is 37.6 Å². The predicted molar refractivity (Wildman–Crippen MR) is 106 cm³/mol. The summed E-state index contributed by atoms with van der Waals surface area (Å²) in [5.41, 5.74) is 3.38. The minimum absolute atomic E-state index is 0.120. The molecule has 0 spiro atoms. The van der Waals surface area contributed by atoms with Crippen LogP contribution in [0.4, 0.5) is 0 Å². The molecule has 1 amide bonds. The van der Waals surface area contributed by atoms with Crippen molar-refractivity contribution in [2.75, 3.05) is 0 Å². The van der Waals surface area contributed by atoms with Gasteiger partial charge in [0.05, 0.1) is 22.4 Å². The van der Waals surface area contributed by atoms with Gasteiger partial charge in [-0.1, -0.05) is 30.3 Å². The molecule has 0 aliphatic heterocycles. The van der Waals surface area contributed by atoms with E-state index in [-0.39, 0.29) is 11.9 Å². The number of aromatic amines is 1. The zero-order chi connectivity index (χ0) is 18.8. The molecule has 0 fully saturated rings. The molecule has 4 rings (SSSR count). The standard InChI is InChI=1S/C20H19N5OS/c1-12-18(27-13(2)22-12)20(26)23-16(11-14-7-4-3-5-8-14)17-15-9-6-10-21-19(15)25-24-17/h3-10,16H,11H2,1-2H3,(H,23,26)(H,21,24,25)/t16-/m0/s1. The lowest BCUT2D eigenvalue weighted by Gasteiger charge is -2.18. The fourth-order valence-corrected chi connectivity index (χ4v) is 4.00. The highest BCUT2D eigenvalue weighted by Crippen LogP contribution is 2.25. The summed E-state index contributed by atoms with van der Waals surface area (Å²) in [6.07, 6.45) is 2.36. The lowest BCUT2D eigenvalue weighted by atomic mass is 10.0. The van der Waals surface area contributed by atoms with Crippen molar-refractivity contribution in [2.45, 2.75) is 26.3 Å². The maximum Gasteiger partial charge on any atom is 0.263 e. The first-order valence-electron chi connectivity index (χ1n) is 8.69. The normalized spacial score (nSPS) is 12.2. The highest BCUT2D eigenvalue weighted by Gasteiger charge is 2.23. The minimum Gasteiger partial charge on any atom is -0.343 e. The van der Waals surface area contributed by atoms with Crippen LogP contribution in [0.1, 0.15) is 37.7 Å². The Morgan fingerprint density at radius 1 is 1.19 bits per heavy atom. The van der Waals surface area contributed by atoms with Crippen molar-refractivity contribution in [3.05, 3.63) is 75.5 Å². The molecule has 6 nitrogen and oxygen atoms in total. The van der Waals surface area contributed by atoms with Crippen LogP contribution in [0, 0.1) is 13.8 Å². The average molecular weight is 377 g/mol. The molecule has 3 aromatic heterocycles. The summed E-state index contributed by atoms with van der Waals surface area (Å²) in [6, 6.07) is 13.7. The number of thiazole rings is 1. The van der Waals surface area contributed by atoms with Crippen LogP contribution in [0.2, 0.25) is 0 Å². The number of aryl methyl sites for hydroxylation is 2. The first kappa shape index (κ1) is 17.4. The number of benzene rings is 1. The fraction of sp³-hybridized carbons (Fsp3) is 0.200. The van der Waals surface area contributed by atoms with E-state index < -0.39 is 0 Å². The van der Waals surface area contributed by atoms with Crippen molar-refractivity contribution >= 4 is 28.3 Å². The average Bonchev–Trinajstić information content (AvgIpc) is 3.25. The van der Waals surface area contributed by atoms with Gasteiger partial charge in [-0.3, -0.25) is 9.89 Å². The van der Waals surface area contributed by atoms with Gasteiger partial charge in [0.2, 0.25) is 0 Å². The lowest BCUT2D eigenvalue weighted by Crippen LogP contribution is -2.30. The molecule has 0 aliphatic rings. The Hall–Kier alpha value is -3.06. The zero-order valence-electron chi connectivity index (χ0n) is 15.1. The first-order valence-corrected chi connectivity index (χ1v) is 9.51. The third kappa shape index (κ3) is 3.59. The van der Waals surface area contributed by atoms with Crippen molar-refractivity contribution in [1.82, 2.24) is 25.5 Å². The summed E-state index contributed by atoms with van der Waals surface area (Å²) >= 11 is 1.41. The van der Waals surface area contributed by atoms with Crippen LogP contribution in [0.25, 0.3) is 11.0 Å². The van der Waals surface area contributed by atoms with E-state index in [1.54, 1.807) is 6.20 Å². The third-order valence-electron chi connectivity index (χ3n) is 4.41. The largest absolute Gasteiger partial charge is 0.343 e. The summed E-state index contributed by atoms with van der Waals surface area (Å²) in [5, 5.41) is 12.3. The number of hydrogen-bond donors (Lipinski definition) is 2. The molecule has 1 aromatic carbocycles. The zero-order valence-corrected chi connectivity index (χ0v) is 15.9. The van der Waals surface area contributed by atoms with Gasteiger partial charge in [-0.15, -0.1) is 11.3 Å². The Kier molecular flexibility index (Phi) is 4.68. The Morgan fingerprint density at radius 2 is 2.00 bits per heavy atom. The maximum atomic E-state index is 12.9. The van der Waals surface area contributed by atoms with Gasteiger partial charge in [-0.25, -0.2) is 9.97 Å². The van der Waals surface area contributed by atoms with E-state index in [1.165, 1.54) is 11.3 Å². The Bertz CT molecular complexity index is 1090. The lowest BCUT2D eigenvalue weighted by molar-refractivity contribution is 0.0939. The van der Waals surface area contributed by atoms with Gasteiger partial charge in [-0.2, -0.15) is 5.10 Å². The molecule has 0 unspecified atom stereocenters.